The standard InChI is InChI=1S/C12H18N4OS.ClH/c1-7(13-3)6-14-11(17)10-5-9-8(2)15-16(4)12(9)18-10;/h5,7,13H,6H2,1-4H3,(H,14,17);1H. The number of aryl methyl sites for hydroxylation is 2. The molecule has 2 aromatic rings. The normalized spacial score (nSPS) is 12.2. The lowest BCUT2D eigenvalue weighted by Crippen LogP contribution is -2.36. The van der Waals surface area contributed by atoms with Gasteiger partial charge < -0.3 is 10.6 Å². The van der Waals surface area contributed by atoms with Crippen LogP contribution in [0.2, 0.25) is 0 Å². The van der Waals surface area contributed by atoms with E-state index in [1.807, 2.05) is 38.7 Å². The minimum Gasteiger partial charge on any atom is -0.350 e. The highest BCUT2D eigenvalue weighted by Gasteiger charge is 2.15. The molecular formula is C12H19ClN4OS. The second-order valence-corrected chi connectivity index (χ2v) is 5.47. The third kappa shape index (κ3) is 3.26. The van der Waals surface area contributed by atoms with Crippen molar-refractivity contribution in [1.82, 2.24) is 20.4 Å². The molecule has 2 rings (SSSR count). The van der Waals surface area contributed by atoms with Crippen LogP contribution in [0.15, 0.2) is 6.07 Å². The van der Waals surface area contributed by atoms with Gasteiger partial charge in [-0.3, -0.25) is 9.48 Å². The Kier molecular flexibility index (Phi) is 5.34. The highest BCUT2D eigenvalue weighted by Crippen LogP contribution is 2.27. The molecule has 1 amide bonds. The number of fused-ring (bicyclic) bond motifs is 1. The summed E-state index contributed by atoms with van der Waals surface area (Å²) in [4.78, 5) is 13.8. The van der Waals surface area contributed by atoms with Crippen LogP contribution in [0.1, 0.15) is 22.3 Å². The molecule has 1 atom stereocenters. The van der Waals surface area contributed by atoms with E-state index < -0.39 is 0 Å². The van der Waals surface area contributed by atoms with Gasteiger partial charge in [0.15, 0.2) is 0 Å². The Hall–Kier alpha value is -1.11. The second kappa shape index (κ2) is 6.36. The summed E-state index contributed by atoms with van der Waals surface area (Å²) in [5.41, 5.74) is 0.964. The maximum atomic E-state index is 12.0. The second-order valence-electron chi connectivity index (χ2n) is 4.44. The third-order valence-corrected chi connectivity index (χ3v) is 4.18. The van der Waals surface area contributed by atoms with Crippen LogP contribution in [0.25, 0.3) is 10.2 Å². The molecule has 5 nitrogen and oxygen atoms in total. The third-order valence-electron chi connectivity index (χ3n) is 2.98. The van der Waals surface area contributed by atoms with Crippen LogP contribution in [0, 0.1) is 6.92 Å². The number of carbonyl (C=O) groups excluding carboxylic acids is 1. The first-order chi connectivity index (χ1) is 8.52. The van der Waals surface area contributed by atoms with Crippen LogP contribution in [-0.2, 0) is 7.05 Å². The molecule has 1 unspecified atom stereocenters. The number of amides is 1. The molecule has 2 N–H and O–H groups in total. The summed E-state index contributed by atoms with van der Waals surface area (Å²) in [6.45, 7) is 4.61. The van der Waals surface area contributed by atoms with Crippen LogP contribution >= 0.6 is 23.7 Å². The average Bonchev–Trinajstić information content (AvgIpc) is 2.89. The van der Waals surface area contributed by atoms with E-state index in [-0.39, 0.29) is 24.4 Å². The molecule has 0 bridgehead atoms. The van der Waals surface area contributed by atoms with Gasteiger partial charge in [-0.05, 0) is 27.0 Å². The Labute approximate surface area is 122 Å². The van der Waals surface area contributed by atoms with Crippen molar-refractivity contribution in [3.63, 3.8) is 0 Å². The van der Waals surface area contributed by atoms with Gasteiger partial charge in [-0.2, -0.15) is 5.10 Å². The number of thiophene rings is 1. The number of likely N-dealkylation sites (N-methyl/N-ethyl adjacent to an activating group) is 1. The number of nitrogens with one attached hydrogen (secondary N) is 2. The Morgan fingerprint density at radius 3 is 2.84 bits per heavy atom. The molecule has 7 heteroatoms. The van der Waals surface area contributed by atoms with Crippen molar-refractivity contribution in [2.45, 2.75) is 19.9 Å². The van der Waals surface area contributed by atoms with Gasteiger partial charge >= 0.3 is 0 Å². The summed E-state index contributed by atoms with van der Waals surface area (Å²) in [6.07, 6.45) is 0. The molecule has 0 spiro atoms. The highest BCUT2D eigenvalue weighted by atomic mass is 35.5. The molecule has 2 aromatic heterocycles. The van der Waals surface area contributed by atoms with E-state index in [0.29, 0.717) is 6.54 Å². The number of nitrogens with zero attached hydrogens (tertiary/aromatic N) is 2. The van der Waals surface area contributed by atoms with E-state index in [2.05, 4.69) is 15.7 Å². The molecule has 0 aliphatic rings. The van der Waals surface area contributed by atoms with E-state index in [1.54, 1.807) is 0 Å². The molecule has 19 heavy (non-hydrogen) atoms. The van der Waals surface area contributed by atoms with E-state index in [9.17, 15) is 4.79 Å². The number of hydrogen-bond acceptors (Lipinski definition) is 4. The van der Waals surface area contributed by atoms with E-state index in [0.717, 1.165) is 20.8 Å². The van der Waals surface area contributed by atoms with Gasteiger partial charge in [-0.25, -0.2) is 0 Å². The van der Waals surface area contributed by atoms with E-state index >= 15 is 0 Å². The van der Waals surface area contributed by atoms with Gasteiger partial charge in [0, 0.05) is 25.0 Å². The topological polar surface area (TPSA) is 58.9 Å². The van der Waals surface area contributed by atoms with Gasteiger partial charge in [0.1, 0.15) is 4.83 Å². The predicted octanol–water partition coefficient (Wildman–Crippen LogP) is 1.70. The Morgan fingerprint density at radius 2 is 2.26 bits per heavy atom. The number of halogens is 1. The number of hydrogen-bond donors (Lipinski definition) is 2. The van der Waals surface area contributed by atoms with Crippen LogP contribution in [-0.4, -0.2) is 35.3 Å². The van der Waals surface area contributed by atoms with Crippen molar-refractivity contribution in [2.75, 3.05) is 13.6 Å². The van der Waals surface area contributed by atoms with Crippen molar-refractivity contribution in [2.24, 2.45) is 7.05 Å². The zero-order valence-electron chi connectivity index (χ0n) is 11.5. The first-order valence-electron chi connectivity index (χ1n) is 5.91. The molecule has 0 radical (unpaired) electrons. The van der Waals surface area contributed by atoms with Crippen molar-refractivity contribution < 1.29 is 4.79 Å². The fraction of sp³-hybridized carbons (Fsp3) is 0.500. The smallest absolute Gasteiger partial charge is 0.261 e. The van der Waals surface area contributed by atoms with Crippen LogP contribution in [0.3, 0.4) is 0 Å². The maximum absolute atomic E-state index is 12.0. The van der Waals surface area contributed by atoms with Crippen molar-refractivity contribution >= 4 is 39.9 Å². The van der Waals surface area contributed by atoms with Gasteiger partial charge in [-0.15, -0.1) is 23.7 Å². The summed E-state index contributed by atoms with van der Waals surface area (Å²) in [7, 11) is 3.78. The monoisotopic (exact) mass is 302 g/mol. The predicted molar refractivity (Wildman–Crippen MR) is 81.4 cm³/mol. The van der Waals surface area contributed by atoms with E-state index in [1.165, 1.54) is 11.3 Å². The van der Waals surface area contributed by atoms with Gasteiger partial charge in [0.2, 0.25) is 0 Å². The van der Waals surface area contributed by atoms with Crippen LogP contribution < -0.4 is 10.6 Å². The Balaban J connectivity index is 0.00000180. The largest absolute Gasteiger partial charge is 0.350 e. The molecule has 0 aliphatic carbocycles. The van der Waals surface area contributed by atoms with Crippen molar-refractivity contribution in [1.29, 1.82) is 0 Å². The zero-order valence-corrected chi connectivity index (χ0v) is 13.1. The highest BCUT2D eigenvalue weighted by molar-refractivity contribution is 7.20. The quantitative estimate of drug-likeness (QED) is 0.904. The first-order valence-corrected chi connectivity index (χ1v) is 6.73. The molecule has 0 aliphatic heterocycles. The Morgan fingerprint density at radius 1 is 1.58 bits per heavy atom. The summed E-state index contributed by atoms with van der Waals surface area (Å²) in [5, 5.41) is 11.4. The minimum absolute atomic E-state index is 0. The Bertz CT molecular complexity index is 543. The molecule has 0 saturated heterocycles. The maximum Gasteiger partial charge on any atom is 0.261 e. The number of rotatable bonds is 4. The average molecular weight is 303 g/mol. The van der Waals surface area contributed by atoms with Crippen molar-refractivity contribution in [3.8, 4) is 0 Å². The SMILES string of the molecule is CNC(C)CNC(=O)c1cc2c(C)nn(C)c2s1.Cl. The lowest BCUT2D eigenvalue weighted by atomic mass is 10.3. The first kappa shape index (κ1) is 15.9. The molecule has 0 fully saturated rings. The van der Waals surface area contributed by atoms with Gasteiger partial charge in [-0.1, -0.05) is 0 Å². The van der Waals surface area contributed by atoms with Gasteiger partial charge in [0.25, 0.3) is 5.91 Å². The van der Waals surface area contributed by atoms with Crippen LogP contribution in [0.4, 0.5) is 0 Å². The fourth-order valence-electron chi connectivity index (χ4n) is 1.75. The lowest BCUT2D eigenvalue weighted by molar-refractivity contribution is 0.0954. The summed E-state index contributed by atoms with van der Waals surface area (Å²) in [6, 6.07) is 2.19. The molecule has 106 valence electrons. The van der Waals surface area contributed by atoms with Crippen molar-refractivity contribution in [3.05, 3.63) is 16.6 Å². The summed E-state index contributed by atoms with van der Waals surface area (Å²) < 4.78 is 1.82. The summed E-state index contributed by atoms with van der Waals surface area (Å²) in [5.74, 6) is -0.0160. The molecule has 0 saturated carbocycles. The number of carbonyl (C=O) groups is 1. The fourth-order valence-corrected chi connectivity index (χ4v) is 2.79. The van der Waals surface area contributed by atoms with E-state index in [4.69, 9.17) is 0 Å². The minimum atomic E-state index is -0.0160. The lowest BCUT2D eigenvalue weighted by Gasteiger charge is -2.10. The van der Waals surface area contributed by atoms with Gasteiger partial charge in [0.05, 0.1) is 10.6 Å². The zero-order chi connectivity index (χ0) is 13.3. The summed E-state index contributed by atoms with van der Waals surface area (Å²) >= 11 is 1.48. The molecule has 2 heterocycles. The number of aromatic nitrogens is 2. The molecule has 0 aromatic carbocycles. The molecular weight excluding hydrogens is 284 g/mol. The van der Waals surface area contributed by atoms with Crippen LogP contribution in [0.5, 0.6) is 0 Å².